The number of H-pyrrole nitrogens is 4. The number of aromatic amines is 4. The van der Waals surface area contributed by atoms with E-state index in [1.165, 1.54) is 11.8 Å². The van der Waals surface area contributed by atoms with Gasteiger partial charge in [-0.15, -0.1) is 0 Å². The van der Waals surface area contributed by atoms with E-state index in [0.717, 1.165) is 112 Å². The van der Waals surface area contributed by atoms with E-state index in [1.807, 2.05) is 36.4 Å². The Balaban J connectivity index is 1.12. The van der Waals surface area contributed by atoms with Crippen LogP contribution >= 0.6 is 11.8 Å². The molecule has 6 aromatic rings. The second-order valence-corrected chi connectivity index (χ2v) is 15.0. The van der Waals surface area contributed by atoms with Crippen molar-refractivity contribution in [2.75, 3.05) is 0 Å². The van der Waals surface area contributed by atoms with Crippen molar-refractivity contribution in [3.8, 4) is 0 Å². The maximum absolute atomic E-state index is 14.3. The first kappa shape index (κ1) is 28.9. The molecule has 250 valence electrons. The van der Waals surface area contributed by atoms with Gasteiger partial charge >= 0.3 is 0 Å². The van der Waals surface area contributed by atoms with Crippen LogP contribution in [0.3, 0.4) is 0 Å². The van der Waals surface area contributed by atoms with Crippen molar-refractivity contribution in [1.82, 2.24) is 39.9 Å². The SMILES string of the molecule is O=C1SC2C3=C(c4cc5ccc(cc6ccc(cc7nc(cc3n4)C=C7)[nH]6)[nH]5)C1C1=C2c2cc3nc(cc4ccc(cc5ccc(cc1n2)[nH]5)[nH]4)C=C3. The molecule has 0 radical (unpaired) electrons. The molecule has 0 fully saturated rings. The largest absolute Gasteiger partial charge is 0.355 e. The summed E-state index contributed by atoms with van der Waals surface area (Å²) in [5.41, 5.74) is 18.1. The molecule has 0 saturated heterocycles. The normalized spacial score (nSPS) is 18.2. The fourth-order valence-corrected chi connectivity index (χ4v) is 9.54. The zero-order chi connectivity index (χ0) is 34.8. The molecule has 10 heteroatoms. The van der Waals surface area contributed by atoms with Crippen LogP contribution in [0.1, 0.15) is 45.6 Å². The molecule has 13 rings (SSSR count). The van der Waals surface area contributed by atoms with Gasteiger partial charge in [0.25, 0.3) is 0 Å². The van der Waals surface area contributed by atoms with E-state index >= 15 is 0 Å². The van der Waals surface area contributed by atoms with Crippen molar-refractivity contribution in [2.24, 2.45) is 5.92 Å². The second kappa shape index (κ2) is 10.6. The summed E-state index contributed by atoms with van der Waals surface area (Å²) in [6.07, 6.45) is 8.07. The van der Waals surface area contributed by atoms with Crippen LogP contribution in [0.2, 0.25) is 0 Å². The first-order valence-electron chi connectivity index (χ1n) is 17.5. The molecule has 7 aliphatic rings. The molecule has 0 amide bonds. The summed E-state index contributed by atoms with van der Waals surface area (Å²) < 4.78 is 0. The van der Waals surface area contributed by atoms with Gasteiger partial charge in [0.1, 0.15) is 0 Å². The Morgan fingerprint density at radius 2 is 0.736 bits per heavy atom. The number of thioether (sulfide) groups is 1. The third-order valence-corrected chi connectivity index (χ3v) is 11.6. The summed E-state index contributed by atoms with van der Waals surface area (Å²) in [5.74, 6) is -0.551. The number of rotatable bonds is 0. The summed E-state index contributed by atoms with van der Waals surface area (Å²) in [4.78, 5) is 48.7. The summed E-state index contributed by atoms with van der Waals surface area (Å²) in [6.45, 7) is 0. The molecule has 6 aliphatic heterocycles. The standard InChI is InChI=1S/C43H26N8OS/c52-43-41-37-33-17-29-9-5-25(46-29)13-21-1-3-23(44-21)15-27-7-11-31(48-27)19-35(50-33)39(37)42(53-43)40-36-20-32-12-8-28(49-32)16-24-4-2-22(45-24)14-26-6-10-30(47-26)18-34(51-36)38(40)41/h1-20,41-42,44-47H. The van der Waals surface area contributed by atoms with E-state index < -0.39 is 5.92 Å². The number of aromatic nitrogens is 8. The van der Waals surface area contributed by atoms with Gasteiger partial charge in [0.05, 0.1) is 56.7 Å². The van der Waals surface area contributed by atoms with Gasteiger partial charge in [0.15, 0.2) is 0 Å². The van der Waals surface area contributed by atoms with Crippen molar-refractivity contribution in [2.45, 2.75) is 5.25 Å². The molecule has 6 aromatic heterocycles. The molecule has 1 aliphatic carbocycles. The van der Waals surface area contributed by atoms with E-state index in [4.69, 9.17) is 19.9 Å². The maximum Gasteiger partial charge on any atom is 0.201 e. The van der Waals surface area contributed by atoms with Gasteiger partial charge in [-0.05, 0) is 121 Å². The Kier molecular flexibility index (Phi) is 5.79. The van der Waals surface area contributed by atoms with Gasteiger partial charge < -0.3 is 19.9 Å². The first-order chi connectivity index (χ1) is 26.0. The average molecular weight is 703 g/mol. The van der Waals surface area contributed by atoms with Crippen LogP contribution in [0.15, 0.2) is 97.1 Å². The molecule has 0 unspecified atom stereocenters. The van der Waals surface area contributed by atoms with Crippen LogP contribution in [0.25, 0.3) is 90.7 Å². The van der Waals surface area contributed by atoms with E-state index in [1.54, 1.807) is 0 Å². The molecular formula is C43H26N8OS. The van der Waals surface area contributed by atoms with Gasteiger partial charge in [-0.2, -0.15) is 0 Å². The zero-order valence-electron chi connectivity index (χ0n) is 27.8. The third kappa shape index (κ3) is 4.62. The summed E-state index contributed by atoms with van der Waals surface area (Å²) in [6, 6.07) is 32.9. The molecule has 12 heterocycles. The smallest absolute Gasteiger partial charge is 0.201 e. The number of carbonyl (C=O) groups is 1. The zero-order valence-corrected chi connectivity index (χ0v) is 28.6. The lowest BCUT2D eigenvalue weighted by Gasteiger charge is -2.37. The predicted molar refractivity (Wildman–Crippen MR) is 213 cm³/mol. The molecule has 0 spiro atoms. The molecule has 4 N–H and O–H groups in total. The van der Waals surface area contributed by atoms with Gasteiger partial charge in [0.2, 0.25) is 5.12 Å². The van der Waals surface area contributed by atoms with Gasteiger partial charge in [-0.25, -0.2) is 19.9 Å². The Morgan fingerprint density at radius 3 is 1.15 bits per heavy atom. The highest BCUT2D eigenvalue weighted by molar-refractivity contribution is 8.15. The summed E-state index contributed by atoms with van der Waals surface area (Å²) in [5, 5.41) is -0.203. The minimum Gasteiger partial charge on any atom is -0.355 e. The van der Waals surface area contributed by atoms with Crippen molar-refractivity contribution in [3.05, 3.63) is 143 Å². The van der Waals surface area contributed by atoms with Crippen LogP contribution in [-0.2, 0) is 4.79 Å². The highest BCUT2D eigenvalue weighted by atomic mass is 32.2. The van der Waals surface area contributed by atoms with Crippen LogP contribution in [-0.4, -0.2) is 50.2 Å². The Hall–Kier alpha value is -6.78. The molecule has 9 nitrogen and oxygen atoms in total. The Morgan fingerprint density at radius 1 is 0.396 bits per heavy atom. The molecule has 18 bridgehead atoms. The number of hydrogen-bond donors (Lipinski definition) is 4. The van der Waals surface area contributed by atoms with Crippen molar-refractivity contribution >= 4 is 108 Å². The molecule has 0 aromatic carbocycles. The lowest BCUT2D eigenvalue weighted by molar-refractivity contribution is -0.111. The number of fused-ring (bicyclic) bond motifs is 17. The van der Waals surface area contributed by atoms with Crippen LogP contribution in [0.5, 0.6) is 0 Å². The molecular weight excluding hydrogens is 677 g/mol. The summed E-state index contributed by atoms with van der Waals surface area (Å²) >= 11 is 1.38. The minimum absolute atomic E-state index is 0.103. The highest BCUT2D eigenvalue weighted by Gasteiger charge is 2.52. The van der Waals surface area contributed by atoms with Crippen molar-refractivity contribution < 1.29 is 4.79 Å². The molecule has 0 atom stereocenters. The Labute approximate surface area is 305 Å². The van der Waals surface area contributed by atoms with E-state index in [9.17, 15) is 4.79 Å². The van der Waals surface area contributed by atoms with E-state index in [0.29, 0.717) is 0 Å². The summed E-state index contributed by atoms with van der Waals surface area (Å²) in [7, 11) is 0. The monoisotopic (exact) mass is 702 g/mol. The van der Waals surface area contributed by atoms with Gasteiger partial charge in [0, 0.05) is 66.4 Å². The topological polar surface area (TPSA) is 132 Å². The number of nitrogens with one attached hydrogen (secondary N) is 4. The molecule has 53 heavy (non-hydrogen) atoms. The quantitative estimate of drug-likeness (QED) is 0.125. The third-order valence-electron chi connectivity index (χ3n) is 10.4. The van der Waals surface area contributed by atoms with Gasteiger partial charge in [-0.3, -0.25) is 4.79 Å². The number of hydrogen-bond acceptors (Lipinski definition) is 6. The van der Waals surface area contributed by atoms with E-state index in [2.05, 4.69) is 105 Å². The van der Waals surface area contributed by atoms with Crippen LogP contribution in [0, 0.1) is 5.92 Å². The van der Waals surface area contributed by atoms with E-state index in [-0.39, 0.29) is 10.4 Å². The Bertz CT molecular complexity index is 2950. The minimum atomic E-state index is -0.551. The lowest BCUT2D eigenvalue weighted by atomic mass is 9.75. The van der Waals surface area contributed by atoms with Gasteiger partial charge in [-0.1, -0.05) is 11.8 Å². The number of allylic oxidation sites excluding steroid dienone is 2. The number of nitrogens with zero attached hydrogens (tertiary/aromatic N) is 4. The first-order valence-corrected chi connectivity index (χ1v) is 18.3. The second-order valence-electron chi connectivity index (χ2n) is 13.9. The highest BCUT2D eigenvalue weighted by Crippen LogP contribution is 2.62. The fraction of sp³-hybridized carbons (Fsp3) is 0.0465. The molecule has 0 saturated carbocycles. The van der Waals surface area contributed by atoms with Crippen LogP contribution in [0.4, 0.5) is 0 Å². The average Bonchev–Trinajstić information content (AvgIpc) is 3.98. The fourth-order valence-electron chi connectivity index (χ4n) is 8.21. The lowest BCUT2D eigenvalue weighted by Crippen LogP contribution is -2.31. The predicted octanol–water partition coefficient (Wildman–Crippen LogP) is 9.08. The van der Waals surface area contributed by atoms with Crippen LogP contribution < -0.4 is 0 Å². The number of carbonyl (C=O) groups excluding carboxylic acids is 1. The van der Waals surface area contributed by atoms with Crippen molar-refractivity contribution in [3.63, 3.8) is 0 Å². The maximum atomic E-state index is 14.3. The van der Waals surface area contributed by atoms with Crippen molar-refractivity contribution in [1.29, 1.82) is 0 Å².